The van der Waals surface area contributed by atoms with E-state index < -0.39 is 0 Å². The van der Waals surface area contributed by atoms with Crippen molar-refractivity contribution in [1.82, 2.24) is 0 Å². The molecule has 22 heavy (non-hydrogen) atoms. The van der Waals surface area contributed by atoms with Gasteiger partial charge in [-0.2, -0.15) is 5.26 Å². The zero-order valence-corrected chi connectivity index (χ0v) is 13.9. The minimum atomic E-state index is -0.287. The van der Waals surface area contributed by atoms with Crippen molar-refractivity contribution in [3.63, 3.8) is 0 Å². The summed E-state index contributed by atoms with van der Waals surface area (Å²) < 4.78 is 5.45. The summed E-state index contributed by atoms with van der Waals surface area (Å²) in [5.41, 5.74) is 3.15. The quantitative estimate of drug-likeness (QED) is 0.748. The fraction of sp³-hybridized carbons (Fsp3) is 0.316. The standard InChI is InChI=1S/C19H20ClNO/c1-13(2)14-8-9-19(22-3)15(10-14)11-16(12-21)17-6-4-5-7-18(17)20/h4-10,13,16H,11H2,1-3H3. The van der Waals surface area contributed by atoms with Crippen molar-refractivity contribution >= 4 is 11.6 Å². The van der Waals surface area contributed by atoms with E-state index in [1.807, 2.05) is 30.3 Å². The Kier molecular flexibility index (Phi) is 5.46. The molecule has 2 aromatic rings. The SMILES string of the molecule is COc1ccc(C(C)C)cc1CC(C#N)c1ccccc1Cl. The van der Waals surface area contributed by atoms with Gasteiger partial charge in [0.2, 0.25) is 0 Å². The van der Waals surface area contributed by atoms with E-state index in [1.54, 1.807) is 7.11 Å². The van der Waals surface area contributed by atoms with Gasteiger partial charge in [0.1, 0.15) is 5.75 Å². The lowest BCUT2D eigenvalue weighted by Crippen LogP contribution is -2.04. The Labute approximate surface area is 137 Å². The van der Waals surface area contributed by atoms with Crippen LogP contribution in [0.5, 0.6) is 5.75 Å². The van der Waals surface area contributed by atoms with E-state index in [0.29, 0.717) is 17.4 Å². The summed E-state index contributed by atoms with van der Waals surface area (Å²) >= 11 is 6.24. The highest BCUT2D eigenvalue weighted by Crippen LogP contribution is 2.31. The number of nitrogens with zero attached hydrogens (tertiary/aromatic N) is 1. The molecule has 0 N–H and O–H groups in total. The van der Waals surface area contributed by atoms with Gasteiger partial charge in [0, 0.05) is 5.02 Å². The first-order valence-corrected chi connectivity index (χ1v) is 7.75. The largest absolute Gasteiger partial charge is 0.496 e. The summed E-state index contributed by atoms with van der Waals surface area (Å²) in [7, 11) is 1.66. The highest BCUT2D eigenvalue weighted by atomic mass is 35.5. The number of hydrogen-bond acceptors (Lipinski definition) is 2. The van der Waals surface area contributed by atoms with E-state index in [4.69, 9.17) is 16.3 Å². The molecule has 0 aliphatic heterocycles. The molecule has 1 unspecified atom stereocenters. The molecule has 0 saturated heterocycles. The Balaban J connectivity index is 2.37. The van der Waals surface area contributed by atoms with Crippen molar-refractivity contribution in [2.75, 3.05) is 7.11 Å². The van der Waals surface area contributed by atoms with Crippen LogP contribution in [-0.4, -0.2) is 7.11 Å². The van der Waals surface area contributed by atoms with Gasteiger partial charge >= 0.3 is 0 Å². The van der Waals surface area contributed by atoms with Gasteiger partial charge in [-0.1, -0.05) is 55.8 Å². The molecule has 0 aliphatic rings. The van der Waals surface area contributed by atoms with Gasteiger partial charge in [0.15, 0.2) is 0 Å². The fourth-order valence-corrected chi connectivity index (χ4v) is 2.79. The third-order valence-corrected chi connectivity index (χ3v) is 4.18. The molecule has 0 bridgehead atoms. The normalized spacial score (nSPS) is 12.0. The van der Waals surface area contributed by atoms with Gasteiger partial charge in [-0.25, -0.2) is 0 Å². The molecule has 0 aliphatic carbocycles. The van der Waals surface area contributed by atoms with Gasteiger partial charge in [-0.3, -0.25) is 0 Å². The van der Waals surface area contributed by atoms with Gasteiger partial charge in [0.05, 0.1) is 19.1 Å². The average molecular weight is 314 g/mol. The third kappa shape index (κ3) is 3.61. The maximum absolute atomic E-state index is 9.56. The summed E-state index contributed by atoms with van der Waals surface area (Å²) in [6.07, 6.45) is 0.587. The highest BCUT2D eigenvalue weighted by molar-refractivity contribution is 6.31. The zero-order valence-electron chi connectivity index (χ0n) is 13.1. The van der Waals surface area contributed by atoms with Crippen molar-refractivity contribution < 1.29 is 4.74 Å². The molecule has 0 fully saturated rings. The predicted octanol–water partition coefficient (Wildman–Crippen LogP) is 5.32. The molecule has 2 nitrogen and oxygen atoms in total. The van der Waals surface area contributed by atoms with E-state index in [-0.39, 0.29) is 5.92 Å². The first kappa shape index (κ1) is 16.4. The van der Waals surface area contributed by atoms with E-state index in [9.17, 15) is 5.26 Å². The Hall–Kier alpha value is -1.98. The van der Waals surface area contributed by atoms with Gasteiger partial charge < -0.3 is 4.74 Å². The van der Waals surface area contributed by atoms with Crippen LogP contribution in [0, 0.1) is 11.3 Å². The zero-order chi connectivity index (χ0) is 16.1. The van der Waals surface area contributed by atoms with Crippen LogP contribution in [0.15, 0.2) is 42.5 Å². The lowest BCUT2D eigenvalue weighted by molar-refractivity contribution is 0.408. The van der Waals surface area contributed by atoms with E-state index >= 15 is 0 Å². The van der Waals surface area contributed by atoms with Crippen LogP contribution in [0.4, 0.5) is 0 Å². The molecule has 0 aromatic heterocycles. The predicted molar refractivity (Wildman–Crippen MR) is 90.6 cm³/mol. The van der Waals surface area contributed by atoms with Gasteiger partial charge in [-0.15, -0.1) is 0 Å². The van der Waals surface area contributed by atoms with Crippen LogP contribution in [0.3, 0.4) is 0 Å². The number of halogens is 1. The molecule has 3 heteroatoms. The highest BCUT2D eigenvalue weighted by Gasteiger charge is 2.17. The number of rotatable bonds is 5. The van der Waals surface area contributed by atoms with Crippen molar-refractivity contribution in [3.8, 4) is 11.8 Å². The molecule has 2 aromatic carbocycles. The molecule has 0 spiro atoms. The summed E-state index contributed by atoms with van der Waals surface area (Å²) in [6, 6.07) is 16.1. The molecular formula is C19H20ClNO. The van der Waals surface area contributed by atoms with E-state index in [0.717, 1.165) is 16.9 Å². The monoisotopic (exact) mass is 313 g/mol. The lowest BCUT2D eigenvalue weighted by Gasteiger charge is -2.16. The Morgan fingerprint density at radius 2 is 1.91 bits per heavy atom. The molecule has 0 saturated carbocycles. The minimum absolute atomic E-state index is 0.287. The molecule has 0 amide bonds. The third-order valence-electron chi connectivity index (χ3n) is 3.83. The summed E-state index contributed by atoms with van der Waals surface area (Å²) in [6.45, 7) is 4.31. The van der Waals surface area contributed by atoms with Gasteiger partial charge in [0.25, 0.3) is 0 Å². The van der Waals surface area contributed by atoms with Crippen LogP contribution in [0.25, 0.3) is 0 Å². The summed E-state index contributed by atoms with van der Waals surface area (Å²) in [5, 5.41) is 10.2. The number of nitriles is 1. The van der Waals surface area contributed by atoms with Crippen LogP contribution in [0.2, 0.25) is 5.02 Å². The average Bonchev–Trinajstić information content (AvgIpc) is 2.53. The minimum Gasteiger partial charge on any atom is -0.496 e. The van der Waals surface area contributed by atoms with E-state index in [1.165, 1.54) is 5.56 Å². The molecular weight excluding hydrogens is 294 g/mol. The number of ether oxygens (including phenoxy) is 1. The van der Waals surface area contributed by atoms with Crippen LogP contribution >= 0.6 is 11.6 Å². The molecule has 2 rings (SSSR count). The second-order valence-corrected chi connectivity index (χ2v) is 6.04. The number of hydrogen-bond donors (Lipinski definition) is 0. The van der Waals surface area contributed by atoms with Crippen LogP contribution < -0.4 is 4.74 Å². The van der Waals surface area contributed by atoms with Crippen molar-refractivity contribution in [2.45, 2.75) is 32.1 Å². The first-order valence-electron chi connectivity index (χ1n) is 7.37. The number of methoxy groups -OCH3 is 1. The van der Waals surface area contributed by atoms with Crippen molar-refractivity contribution in [2.24, 2.45) is 0 Å². The fourth-order valence-electron chi connectivity index (χ4n) is 2.52. The van der Waals surface area contributed by atoms with Crippen molar-refractivity contribution in [3.05, 3.63) is 64.2 Å². The summed E-state index contributed by atoms with van der Waals surface area (Å²) in [5.74, 6) is 0.965. The Morgan fingerprint density at radius 3 is 2.50 bits per heavy atom. The van der Waals surface area contributed by atoms with Gasteiger partial charge in [-0.05, 0) is 41.2 Å². The van der Waals surface area contributed by atoms with Crippen LogP contribution in [0.1, 0.15) is 42.4 Å². The van der Waals surface area contributed by atoms with Crippen LogP contribution in [-0.2, 0) is 6.42 Å². The molecule has 0 radical (unpaired) electrons. The van der Waals surface area contributed by atoms with E-state index in [2.05, 4.69) is 32.0 Å². The lowest BCUT2D eigenvalue weighted by atomic mass is 9.90. The molecule has 114 valence electrons. The number of benzene rings is 2. The molecule has 0 heterocycles. The summed E-state index contributed by atoms with van der Waals surface area (Å²) in [4.78, 5) is 0. The molecule has 1 atom stereocenters. The maximum Gasteiger partial charge on any atom is 0.122 e. The topological polar surface area (TPSA) is 33.0 Å². The second kappa shape index (κ2) is 7.33. The first-order chi connectivity index (χ1) is 10.6. The Morgan fingerprint density at radius 1 is 1.18 bits per heavy atom. The maximum atomic E-state index is 9.56. The van der Waals surface area contributed by atoms with Crippen molar-refractivity contribution in [1.29, 1.82) is 5.26 Å². The second-order valence-electron chi connectivity index (χ2n) is 5.63. The Bertz CT molecular complexity index is 688. The smallest absolute Gasteiger partial charge is 0.122 e.